The molecule has 7 nitrogen and oxygen atoms in total. The molecule has 0 unspecified atom stereocenters. The molecule has 0 fully saturated rings. The van der Waals surface area contributed by atoms with Gasteiger partial charge in [0.05, 0.1) is 29.3 Å². The molecule has 7 heteroatoms. The highest BCUT2D eigenvalue weighted by atomic mass is 16.3. The maximum Gasteiger partial charge on any atom is 0.138 e. The van der Waals surface area contributed by atoms with Crippen molar-refractivity contribution in [3.63, 3.8) is 0 Å². The Morgan fingerprint density at radius 2 is 1.07 bits per heavy atom. The number of benzene rings is 2. The van der Waals surface area contributed by atoms with Crippen molar-refractivity contribution < 1.29 is 10.2 Å². The zero-order chi connectivity index (χ0) is 27.7. The highest BCUT2D eigenvalue weighted by molar-refractivity contribution is 5.59. The first kappa shape index (κ1) is 26.8. The van der Waals surface area contributed by atoms with Crippen LogP contribution < -0.4 is 4.90 Å². The molecule has 3 aromatic heterocycles. The standard InChI is InChI=1S/C33H33N5O2/c1-25-18-26(20-37(22-28-10-4-7-15-34-28)23-29-11-5-8-16-35-29)33(40)27(19-25)21-38(24-30-12-6-9-17-36-30)31-13-2-3-14-32(31)39/h2-19,39-40H,20-24H2,1H3. The molecule has 2 aromatic carbocycles. The minimum Gasteiger partial charge on any atom is -0.507 e. The summed E-state index contributed by atoms with van der Waals surface area (Å²) in [5.41, 5.74) is 6.12. The molecule has 0 aliphatic heterocycles. The fourth-order valence-electron chi connectivity index (χ4n) is 4.88. The van der Waals surface area contributed by atoms with E-state index in [9.17, 15) is 10.2 Å². The van der Waals surface area contributed by atoms with E-state index in [2.05, 4.69) is 19.9 Å². The molecule has 5 aromatic rings. The lowest BCUT2D eigenvalue weighted by molar-refractivity contribution is 0.238. The molecule has 0 bridgehead atoms. The third-order valence-electron chi connectivity index (χ3n) is 6.69. The van der Waals surface area contributed by atoms with Gasteiger partial charge in [0.25, 0.3) is 0 Å². The van der Waals surface area contributed by atoms with Crippen molar-refractivity contribution in [1.82, 2.24) is 19.9 Å². The van der Waals surface area contributed by atoms with Gasteiger partial charge in [-0.05, 0) is 55.5 Å². The lowest BCUT2D eigenvalue weighted by Gasteiger charge is -2.27. The van der Waals surface area contributed by atoms with Crippen molar-refractivity contribution in [3.8, 4) is 11.5 Å². The SMILES string of the molecule is Cc1cc(CN(Cc2ccccn2)Cc2ccccn2)c(O)c(CN(Cc2ccccn2)c2ccccc2O)c1. The second kappa shape index (κ2) is 12.9. The zero-order valence-corrected chi connectivity index (χ0v) is 22.6. The normalized spacial score (nSPS) is 11.1. The van der Waals surface area contributed by atoms with Gasteiger partial charge < -0.3 is 15.1 Å². The largest absolute Gasteiger partial charge is 0.507 e. The van der Waals surface area contributed by atoms with E-state index >= 15 is 0 Å². The second-order valence-electron chi connectivity index (χ2n) is 9.88. The predicted octanol–water partition coefficient (Wildman–Crippen LogP) is 6.00. The molecule has 0 spiro atoms. The Bertz CT molecular complexity index is 1470. The highest BCUT2D eigenvalue weighted by Gasteiger charge is 2.19. The third-order valence-corrected chi connectivity index (χ3v) is 6.69. The molecule has 40 heavy (non-hydrogen) atoms. The molecule has 0 saturated heterocycles. The van der Waals surface area contributed by atoms with Crippen LogP contribution in [0.3, 0.4) is 0 Å². The molecule has 0 atom stereocenters. The van der Waals surface area contributed by atoms with Gasteiger partial charge in [0.2, 0.25) is 0 Å². The average Bonchev–Trinajstić information content (AvgIpc) is 2.97. The van der Waals surface area contributed by atoms with Crippen LogP contribution in [-0.4, -0.2) is 30.1 Å². The van der Waals surface area contributed by atoms with E-state index in [4.69, 9.17) is 0 Å². The van der Waals surface area contributed by atoms with E-state index in [-0.39, 0.29) is 11.5 Å². The summed E-state index contributed by atoms with van der Waals surface area (Å²) in [4.78, 5) is 17.8. The number of aromatic nitrogens is 3. The predicted molar refractivity (Wildman–Crippen MR) is 156 cm³/mol. The lowest BCUT2D eigenvalue weighted by Crippen LogP contribution is -2.25. The Morgan fingerprint density at radius 1 is 0.575 bits per heavy atom. The molecule has 0 amide bonds. The van der Waals surface area contributed by atoms with Gasteiger partial charge in [-0.25, -0.2) is 0 Å². The highest BCUT2D eigenvalue weighted by Crippen LogP contribution is 2.33. The number of phenolic OH excluding ortho intramolecular Hbond substituents is 2. The van der Waals surface area contributed by atoms with Crippen LogP contribution in [0, 0.1) is 6.92 Å². The van der Waals surface area contributed by atoms with Crippen LogP contribution in [0.1, 0.15) is 33.8 Å². The van der Waals surface area contributed by atoms with E-state index in [1.165, 1.54) is 0 Å². The van der Waals surface area contributed by atoms with Crippen LogP contribution in [0.25, 0.3) is 0 Å². The summed E-state index contributed by atoms with van der Waals surface area (Å²) in [6, 6.07) is 28.9. The van der Waals surface area contributed by atoms with Crippen LogP contribution in [0.5, 0.6) is 11.5 Å². The first-order valence-corrected chi connectivity index (χ1v) is 13.3. The first-order chi connectivity index (χ1) is 19.5. The fraction of sp³-hybridized carbons (Fsp3) is 0.182. The van der Waals surface area contributed by atoms with Gasteiger partial charge in [-0.2, -0.15) is 0 Å². The molecule has 2 N–H and O–H groups in total. The average molecular weight is 532 g/mol. The summed E-state index contributed by atoms with van der Waals surface area (Å²) in [5.74, 6) is 0.432. The topological polar surface area (TPSA) is 85.6 Å². The van der Waals surface area contributed by atoms with E-state index in [1.54, 1.807) is 30.7 Å². The molecule has 0 saturated carbocycles. The maximum absolute atomic E-state index is 11.6. The van der Waals surface area contributed by atoms with Crippen molar-refractivity contribution in [1.29, 1.82) is 0 Å². The van der Waals surface area contributed by atoms with Gasteiger partial charge in [-0.15, -0.1) is 0 Å². The minimum absolute atomic E-state index is 0.183. The Kier molecular flexibility index (Phi) is 8.63. The van der Waals surface area contributed by atoms with Crippen molar-refractivity contribution in [2.45, 2.75) is 39.6 Å². The number of rotatable bonds is 11. The number of pyridine rings is 3. The smallest absolute Gasteiger partial charge is 0.138 e. The Morgan fingerprint density at radius 3 is 1.60 bits per heavy atom. The number of aromatic hydroxyl groups is 2. The summed E-state index contributed by atoms with van der Waals surface area (Å²) in [7, 11) is 0. The van der Waals surface area contributed by atoms with Crippen LogP contribution in [0.15, 0.2) is 110 Å². The Labute approximate surface area is 235 Å². The molecular formula is C33H33N5O2. The summed E-state index contributed by atoms with van der Waals surface area (Å²) < 4.78 is 0. The van der Waals surface area contributed by atoms with Crippen LogP contribution in [0.2, 0.25) is 0 Å². The summed E-state index contributed by atoms with van der Waals surface area (Å²) in [6.07, 6.45) is 5.36. The molecule has 202 valence electrons. The lowest BCUT2D eigenvalue weighted by atomic mass is 10.0. The molecular weight excluding hydrogens is 498 g/mol. The van der Waals surface area contributed by atoms with Gasteiger partial charge in [0.1, 0.15) is 11.5 Å². The number of hydrogen-bond donors (Lipinski definition) is 2. The number of phenols is 2. The summed E-state index contributed by atoms with van der Waals surface area (Å²) >= 11 is 0. The fourth-order valence-corrected chi connectivity index (χ4v) is 4.88. The minimum atomic E-state index is 0.183. The van der Waals surface area contributed by atoms with Crippen molar-refractivity contribution in [3.05, 3.63) is 143 Å². The maximum atomic E-state index is 11.6. The van der Waals surface area contributed by atoms with Crippen LogP contribution in [-0.2, 0) is 32.7 Å². The molecule has 0 aliphatic carbocycles. The molecule has 0 radical (unpaired) electrons. The van der Waals surface area contributed by atoms with Crippen molar-refractivity contribution in [2.24, 2.45) is 0 Å². The molecule has 5 rings (SSSR count). The van der Waals surface area contributed by atoms with Crippen LogP contribution >= 0.6 is 0 Å². The summed E-state index contributed by atoms with van der Waals surface area (Å²) in [5, 5.41) is 22.2. The van der Waals surface area contributed by atoms with Gasteiger partial charge in [-0.3, -0.25) is 19.9 Å². The van der Waals surface area contributed by atoms with Crippen molar-refractivity contribution >= 4 is 5.69 Å². The van der Waals surface area contributed by atoms with Gasteiger partial charge in [0.15, 0.2) is 0 Å². The molecule has 3 heterocycles. The Balaban J connectivity index is 1.45. The number of aryl methyl sites for hydroxylation is 1. The summed E-state index contributed by atoms with van der Waals surface area (Å²) in [6.45, 7) is 4.66. The van der Waals surface area contributed by atoms with Gasteiger partial charge >= 0.3 is 0 Å². The number of para-hydroxylation sites is 2. The monoisotopic (exact) mass is 531 g/mol. The number of nitrogens with zero attached hydrogens (tertiary/aromatic N) is 5. The zero-order valence-electron chi connectivity index (χ0n) is 22.6. The van der Waals surface area contributed by atoms with E-state index in [0.29, 0.717) is 38.4 Å². The second-order valence-corrected chi connectivity index (χ2v) is 9.88. The van der Waals surface area contributed by atoms with Crippen LogP contribution in [0.4, 0.5) is 5.69 Å². The third kappa shape index (κ3) is 7.01. The number of anilines is 1. The van der Waals surface area contributed by atoms with Gasteiger partial charge in [-0.1, -0.05) is 48.0 Å². The Hall–Kier alpha value is -4.75. The van der Waals surface area contributed by atoms with E-state index in [0.717, 1.165) is 33.8 Å². The quantitative estimate of drug-likeness (QED) is 0.216. The van der Waals surface area contributed by atoms with E-state index < -0.39 is 0 Å². The van der Waals surface area contributed by atoms with E-state index in [1.807, 2.05) is 90.7 Å². The molecule has 0 aliphatic rings. The van der Waals surface area contributed by atoms with Gasteiger partial charge in [0, 0.05) is 55.9 Å². The van der Waals surface area contributed by atoms with Crippen molar-refractivity contribution in [2.75, 3.05) is 4.90 Å². The number of hydrogen-bond acceptors (Lipinski definition) is 7. The first-order valence-electron chi connectivity index (χ1n) is 13.3.